The van der Waals surface area contributed by atoms with Crippen LogP contribution in [0.15, 0.2) is 0 Å². The van der Waals surface area contributed by atoms with Gasteiger partial charge in [0.05, 0.1) is 21.7 Å². The van der Waals surface area contributed by atoms with Gasteiger partial charge in [-0.3, -0.25) is 19.2 Å². The zero-order valence-corrected chi connectivity index (χ0v) is 23.8. The van der Waals surface area contributed by atoms with Gasteiger partial charge in [-0.15, -0.1) is 0 Å². The Balaban J connectivity index is 3.50. The van der Waals surface area contributed by atoms with Gasteiger partial charge in [-0.2, -0.15) is 0 Å². The molecular formula is C26H45NO9. The van der Waals surface area contributed by atoms with Crippen LogP contribution in [0.5, 0.6) is 0 Å². The Morgan fingerprint density at radius 3 is 1.28 bits per heavy atom. The third-order valence-corrected chi connectivity index (χ3v) is 5.23. The minimum absolute atomic E-state index is 0.324. The molecular weight excluding hydrogens is 470 g/mol. The molecule has 0 saturated carbocycles. The van der Waals surface area contributed by atoms with E-state index in [0.29, 0.717) is 0 Å². The van der Waals surface area contributed by atoms with Gasteiger partial charge in [0.15, 0.2) is 18.3 Å². The molecule has 2 N–H and O–H groups in total. The molecule has 0 aliphatic carbocycles. The van der Waals surface area contributed by atoms with Gasteiger partial charge >= 0.3 is 23.9 Å². The van der Waals surface area contributed by atoms with Crippen molar-refractivity contribution in [1.82, 2.24) is 0 Å². The summed E-state index contributed by atoms with van der Waals surface area (Å²) in [6, 6.07) is 0. The number of nitrogens with two attached hydrogens (primary N) is 1. The predicted octanol–water partition coefficient (Wildman–Crippen LogP) is 3.13. The summed E-state index contributed by atoms with van der Waals surface area (Å²) in [6.07, 6.45) is -6.20. The van der Waals surface area contributed by atoms with Crippen molar-refractivity contribution in [1.29, 1.82) is 0 Å². The summed E-state index contributed by atoms with van der Waals surface area (Å²) in [6.45, 7) is 19.7. The van der Waals surface area contributed by atoms with Gasteiger partial charge in [-0.05, 0) is 83.1 Å². The van der Waals surface area contributed by atoms with Crippen molar-refractivity contribution >= 4 is 23.9 Å². The Morgan fingerprint density at radius 2 is 0.917 bits per heavy atom. The van der Waals surface area contributed by atoms with Crippen LogP contribution in [0.4, 0.5) is 0 Å². The van der Waals surface area contributed by atoms with Gasteiger partial charge in [0.1, 0.15) is 18.9 Å². The van der Waals surface area contributed by atoms with Crippen molar-refractivity contribution in [3.63, 3.8) is 0 Å². The zero-order chi connectivity index (χ0) is 28.4. The fraction of sp³-hybridized carbons (Fsp3) is 0.846. The van der Waals surface area contributed by atoms with Crippen LogP contribution < -0.4 is 5.73 Å². The van der Waals surface area contributed by atoms with Crippen LogP contribution >= 0.6 is 0 Å². The second-order valence-corrected chi connectivity index (χ2v) is 13.3. The zero-order valence-electron chi connectivity index (χ0n) is 23.8. The van der Waals surface area contributed by atoms with Gasteiger partial charge in [0.2, 0.25) is 0 Å². The van der Waals surface area contributed by atoms with Gasteiger partial charge in [0, 0.05) is 0 Å². The second kappa shape index (κ2) is 11.0. The van der Waals surface area contributed by atoms with E-state index in [1.165, 1.54) is 0 Å². The fourth-order valence-electron chi connectivity index (χ4n) is 2.76. The maximum atomic E-state index is 12.9. The molecule has 0 spiro atoms. The van der Waals surface area contributed by atoms with Gasteiger partial charge in [-0.25, -0.2) is 0 Å². The summed E-state index contributed by atoms with van der Waals surface area (Å²) in [4.78, 5) is 51.0. The van der Waals surface area contributed by atoms with Crippen LogP contribution in [0.25, 0.3) is 0 Å². The Labute approximate surface area is 214 Å². The standard InChI is InChI=1S/C26H45NO9/c1-23(2,3)19(28)32-13-14-15(34-20(29)24(4,5)6)16(35-21(30)25(7,8)9)17(18(27)33-14)36-22(31)26(10,11)12/h14-18H,13,27H2,1-12H3/t14-,15-,16+,17+,18+/m1/s1. The third kappa shape index (κ3) is 8.73. The summed E-state index contributed by atoms with van der Waals surface area (Å²) in [5, 5.41) is 0. The highest BCUT2D eigenvalue weighted by molar-refractivity contribution is 5.78. The van der Waals surface area contributed by atoms with Crippen molar-refractivity contribution in [3.8, 4) is 0 Å². The minimum atomic E-state index is -1.31. The number of ether oxygens (including phenoxy) is 5. The number of rotatable bonds is 5. The molecule has 10 heteroatoms. The Hall–Kier alpha value is -2.20. The van der Waals surface area contributed by atoms with Crippen molar-refractivity contribution in [2.24, 2.45) is 27.4 Å². The molecule has 0 amide bonds. The van der Waals surface area contributed by atoms with Crippen molar-refractivity contribution in [2.75, 3.05) is 6.61 Å². The van der Waals surface area contributed by atoms with E-state index in [4.69, 9.17) is 29.4 Å². The first kappa shape index (κ1) is 31.8. The second-order valence-electron chi connectivity index (χ2n) is 13.3. The van der Waals surface area contributed by atoms with Crippen LogP contribution in [0.1, 0.15) is 83.1 Å². The van der Waals surface area contributed by atoms with Crippen molar-refractivity contribution in [3.05, 3.63) is 0 Å². The number of esters is 4. The fourth-order valence-corrected chi connectivity index (χ4v) is 2.76. The largest absolute Gasteiger partial charge is 0.462 e. The molecule has 5 atom stereocenters. The van der Waals surface area contributed by atoms with Crippen LogP contribution in [-0.4, -0.2) is 61.1 Å². The van der Waals surface area contributed by atoms with Gasteiger partial charge in [-0.1, -0.05) is 0 Å². The van der Waals surface area contributed by atoms with Crippen LogP contribution in [0.2, 0.25) is 0 Å². The van der Waals surface area contributed by atoms with E-state index in [0.717, 1.165) is 0 Å². The molecule has 1 rings (SSSR count). The molecule has 0 radical (unpaired) electrons. The highest BCUT2D eigenvalue weighted by Gasteiger charge is 2.53. The van der Waals surface area contributed by atoms with Crippen LogP contribution in [0, 0.1) is 21.7 Å². The minimum Gasteiger partial charge on any atom is -0.462 e. The van der Waals surface area contributed by atoms with Gasteiger partial charge < -0.3 is 29.4 Å². The summed E-state index contributed by atoms with van der Waals surface area (Å²) in [5.41, 5.74) is 2.71. The van der Waals surface area contributed by atoms with E-state index < -0.39 is 76.2 Å². The molecule has 1 heterocycles. The van der Waals surface area contributed by atoms with E-state index >= 15 is 0 Å². The first-order chi connectivity index (χ1) is 16.0. The van der Waals surface area contributed by atoms with E-state index in [-0.39, 0.29) is 6.61 Å². The first-order valence-corrected chi connectivity index (χ1v) is 12.2. The van der Waals surface area contributed by atoms with Crippen molar-refractivity contribution < 1.29 is 42.9 Å². The maximum Gasteiger partial charge on any atom is 0.311 e. The lowest BCUT2D eigenvalue weighted by molar-refractivity contribution is -0.259. The number of hydrogen-bond acceptors (Lipinski definition) is 10. The van der Waals surface area contributed by atoms with E-state index in [2.05, 4.69) is 0 Å². The smallest absolute Gasteiger partial charge is 0.311 e. The third-order valence-electron chi connectivity index (χ3n) is 5.23. The monoisotopic (exact) mass is 515 g/mol. The molecule has 1 aliphatic heterocycles. The highest BCUT2D eigenvalue weighted by Crippen LogP contribution is 2.32. The van der Waals surface area contributed by atoms with E-state index in [1.54, 1.807) is 83.1 Å². The first-order valence-electron chi connectivity index (χ1n) is 12.2. The quantitative estimate of drug-likeness (QED) is 0.429. The number of carbonyl (C=O) groups is 4. The molecule has 1 saturated heterocycles. The SMILES string of the molecule is CC(C)(C)C(=O)OC[C@H]1O[C@H](N)[C@@H](OC(=O)C(C)(C)C)[C@@H](OC(=O)C(C)(C)C)[C@@H]1OC(=O)C(C)(C)C. The Bertz CT molecular complexity index is 824. The van der Waals surface area contributed by atoms with Crippen molar-refractivity contribution in [2.45, 2.75) is 114 Å². The summed E-state index contributed by atoms with van der Waals surface area (Å²) in [5.74, 6) is -2.36. The molecule has 0 unspecified atom stereocenters. The predicted molar refractivity (Wildman–Crippen MR) is 131 cm³/mol. The lowest BCUT2D eigenvalue weighted by Gasteiger charge is -2.45. The average molecular weight is 516 g/mol. The molecule has 36 heavy (non-hydrogen) atoms. The molecule has 0 aromatic rings. The topological polar surface area (TPSA) is 140 Å². The lowest BCUT2D eigenvalue weighted by atomic mass is 9.92. The lowest BCUT2D eigenvalue weighted by Crippen LogP contribution is -2.65. The molecule has 0 bridgehead atoms. The summed E-state index contributed by atoms with van der Waals surface area (Å²) < 4.78 is 28.5. The molecule has 10 nitrogen and oxygen atoms in total. The number of carbonyl (C=O) groups excluding carboxylic acids is 4. The molecule has 1 fully saturated rings. The summed E-state index contributed by atoms with van der Waals surface area (Å²) in [7, 11) is 0. The highest BCUT2D eigenvalue weighted by atomic mass is 16.7. The summed E-state index contributed by atoms with van der Waals surface area (Å²) >= 11 is 0. The molecule has 0 aromatic carbocycles. The molecule has 0 aromatic heterocycles. The molecule has 1 aliphatic rings. The average Bonchev–Trinajstić information content (AvgIpc) is 2.67. The normalized spacial score (nSPS) is 25.5. The van der Waals surface area contributed by atoms with Crippen LogP contribution in [-0.2, 0) is 42.9 Å². The number of hydrogen-bond donors (Lipinski definition) is 1. The maximum absolute atomic E-state index is 12.9. The van der Waals surface area contributed by atoms with Crippen LogP contribution in [0.3, 0.4) is 0 Å². The van der Waals surface area contributed by atoms with E-state index in [1.807, 2.05) is 0 Å². The Morgan fingerprint density at radius 1 is 0.583 bits per heavy atom. The van der Waals surface area contributed by atoms with E-state index in [9.17, 15) is 19.2 Å². The molecule has 208 valence electrons. The van der Waals surface area contributed by atoms with Gasteiger partial charge in [0.25, 0.3) is 0 Å². The Kier molecular flexibility index (Phi) is 9.77.